The highest BCUT2D eigenvalue weighted by Crippen LogP contribution is 2.34. The van der Waals surface area contributed by atoms with Crippen LogP contribution in [-0.4, -0.2) is 18.9 Å². The molecule has 6 aromatic rings. The molecule has 0 radical (unpaired) electrons. The van der Waals surface area contributed by atoms with Crippen molar-refractivity contribution in [2.45, 2.75) is 39.8 Å². The van der Waals surface area contributed by atoms with Crippen LogP contribution in [0, 0.1) is 0 Å². The van der Waals surface area contributed by atoms with Crippen molar-refractivity contribution < 1.29 is 4.79 Å². The van der Waals surface area contributed by atoms with Crippen LogP contribution in [0.15, 0.2) is 146 Å². The number of nitrogens with one attached hydrogen (secondary N) is 2. The van der Waals surface area contributed by atoms with Crippen LogP contribution < -0.4 is 10.6 Å². The molecule has 0 aromatic heterocycles. The third kappa shape index (κ3) is 8.82. The van der Waals surface area contributed by atoms with E-state index in [0.29, 0.717) is 11.1 Å². The quantitative estimate of drug-likeness (QED) is 0.0899. The third-order valence-corrected chi connectivity index (χ3v) is 8.81. The van der Waals surface area contributed by atoms with Gasteiger partial charge in [0.05, 0.1) is 0 Å². The second kappa shape index (κ2) is 17.6. The molecule has 0 spiro atoms. The van der Waals surface area contributed by atoms with E-state index in [-0.39, 0.29) is 18.2 Å². The predicted molar refractivity (Wildman–Crippen MR) is 209 cm³/mol. The smallest absolute Gasteiger partial charge is 0.193 e. The van der Waals surface area contributed by atoms with E-state index in [1.807, 2.05) is 24.3 Å². The largest absolute Gasteiger partial charge is 0.313 e. The molecule has 0 bridgehead atoms. The van der Waals surface area contributed by atoms with Crippen LogP contribution in [0.25, 0.3) is 44.5 Å². The summed E-state index contributed by atoms with van der Waals surface area (Å²) >= 11 is 0. The normalized spacial score (nSPS) is 10.8. The molecule has 0 atom stereocenters. The zero-order valence-electron chi connectivity index (χ0n) is 28.4. The highest BCUT2D eigenvalue weighted by molar-refractivity contribution is 6.09. The molecule has 0 saturated heterocycles. The van der Waals surface area contributed by atoms with Crippen LogP contribution in [0.4, 0.5) is 0 Å². The molecule has 6 aromatic carbocycles. The van der Waals surface area contributed by atoms with Crippen LogP contribution in [0.1, 0.15) is 53.7 Å². The van der Waals surface area contributed by atoms with Gasteiger partial charge >= 0.3 is 0 Å². The van der Waals surface area contributed by atoms with Crippen LogP contribution in [0.3, 0.4) is 0 Å². The number of carbonyl (C=O) groups excluding carboxylic acids is 1. The minimum absolute atomic E-state index is 0. The Kier molecular flexibility index (Phi) is 12.7. The Morgan fingerprint density at radius 1 is 0.429 bits per heavy atom. The fourth-order valence-corrected chi connectivity index (χ4v) is 6.17. The lowest BCUT2D eigenvalue weighted by Crippen LogP contribution is -2.13. The molecule has 6 rings (SSSR count). The maximum Gasteiger partial charge on any atom is 0.193 e. The predicted octanol–water partition coefficient (Wildman–Crippen LogP) is 11.0. The minimum atomic E-state index is 0. The lowest BCUT2D eigenvalue weighted by molar-refractivity contribution is 0.103. The molecule has 0 saturated carbocycles. The Labute approximate surface area is 297 Å². The molecule has 3 nitrogen and oxygen atoms in total. The van der Waals surface area contributed by atoms with Crippen LogP contribution in [-0.2, 0) is 13.1 Å². The second-order valence-corrected chi connectivity index (χ2v) is 12.3. The average molecular weight is 665 g/mol. The van der Waals surface area contributed by atoms with Gasteiger partial charge in [0.1, 0.15) is 0 Å². The first-order chi connectivity index (χ1) is 23.6. The number of hydrogen-bond acceptors (Lipinski definition) is 3. The molecule has 0 fully saturated rings. The van der Waals surface area contributed by atoms with E-state index in [4.69, 9.17) is 0 Å². The molecule has 49 heavy (non-hydrogen) atoms. The Balaban J connectivity index is 0.00000468. The highest BCUT2D eigenvalue weighted by Gasteiger charge is 2.13. The fourth-order valence-electron chi connectivity index (χ4n) is 6.17. The summed E-state index contributed by atoms with van der Waals surface area (Å²) in [5.41, 5.74) is 13.1. The summed E-state index contributed by atoms with van der Waals surface area (Å²) in [6, 6.07) is 50.6. The van der Waals surface area contributed by atoms with Gasteiger partial charge in [-0.05, 0) is 81.6 Å². The average Bonchev–Trinajstić information content (AvgIpc) is 3.15. The summed E-state index contributed by atoms with van der Waals surface area (Å²) < 4.78 is 0. The summed E-state index contributed by atoms with van der Waals surface area (Å²) in [5, 5.41) is 6.94. The number of hydrogen-bond donors (Lipinski definition) is 2. The first-order valence-electron chi connectivity index (χ1n) is 17.2. The molecule has 0 unspecified atom stereocenters. The standard InChI is InChI=1S/C45H44N2O.ClH/c1-3-29-46-31-33-13-17-35(18-14-33)41-9-5-7-11-43(41)37-21-25-39(26-22-37)45(48)40-27-23-38(24-28-40)44-12-8-6-10-42(44)36-19-15-34(16-20-36)32-47-30-4-2;/h5-28,46-47H,3-4,29-32H2,1-2H3;1H. The van der Waals surface area contributed by atoms with Crippen molar-refractivity contribution >= 4 is 18.2 Å². The van der Waals surface area contributed by atoms with E-state index in [0.717, 1.165) is 61.3 Å². The van der Waals surface area contributed by atoms with E-state index in [2.05, 4.69) is 146 Å². The van der Waals surface area contributed by atoms with Gasteiger partial charge in [-0.3, -0.25) is 4.79 Å². The topological polar surface area (TPSA) is 41.1 Å². The molecule has 0 aliphatic heterocycles. The van der Waals surface area contributed by atoms with Gasteiger partial charge in [-0.25, -0.2) is 0 Å². The first-order valence-corrected chi connectivity index (χ1v) is 17.2. The van der Waals surface area contributed by atoms with Crippen molar-refractivity contribution in [1.29, 1.82) is 0 Å². The molecule has 2 N–H and O–H groups in total. The zero-order chi connectivity index (χ0) is 33.1. The SMILES string of the molecule is CCCNCc1ccc(-c2ccccc2-c2ccc(C(=O)c3ccc(-c4ccccc4-c4ccc(CNCCC)cc4)cc3)cc2)cc1.Cl. The Morgan fingerprint density at radius 3 is 1.00 bits per heavy atom. The zero-order valence-corrected chi connectivity index (χ0v) is 29.2. The number of carbonyl (C=O) groups is 1. The Hall–Kier alpha value is -4.80. The summed E-state index contributed by atoms with van der Waals surface area (Å²) in [6.45, 7) is 8.18. The maximum atomic E-state index is 13.6. The van der Waals surface area contributed by atoms with Crippen LogP contribution in [0.2, 0.25) is 0 Å². The van der Waals surface area contributed by atoms with E-state index in [9.17, 15) is 4.79 Å². The van der Waals surface area contributed by atoms with E-state index >= 15 is 0 Å². The summed E-state index contributed by atoms with van der Waals surface area (Å²) in [7, 11) is 0. The maximum absolute atomic E-state index is 13.6. The van der Waals surface area contributed by atoms with Gasteiger partial charge in [-0.1, -0.05) is 159 Å². The molecule has 0 aliphatic rings. The Morgan fingerprint density at radius 2 is 0.714 bits per heavy atom. The minimum Gasteiger partial charge on any atom is -0.313 e. The number of ketones is 1. The Bertz CT molecular complexity index is 1790. The van der Waals surface area contributed by atoms with Crippen molar-refractivity contribution in [3.05, 3.63) is 168 Å². The van der Waals surface area contributed by atoms with Gasteiger partial charge < -0.3 is 10.6 Å². The van der Waals surface area contributed by atoms with E-state index < -0.39 is 0 Å². The molecule has 0 heterocycles. The number of benzene rings is 6. The van der Waals surface area contributed by atoms with Crippen molar-refractivity contribution in [3.8, 4) is 44.5 Å². The van der Waals surface area contributed by atoms with E-state index in [1.165, 1.54) is 33.4 Å². The van der Waals surface area contributed by atoms with Gasteiger partial charge in [-0.15, -0.1) is 12.4 Å². The number of rotatable bonds is 14. The van der Waals surface area contributed by atoms with Gasteiger partial charge in [0, 0.05) is 24.2 Å². The summed E-state index contributed by atoms with van der Waals surface area (Å²) in [5.74, 6) is 0.0224. The van der Waals surface area contributed by atoms with Crippen LogP contribution in [0.5, 0.6) is 0 Å². The highest BCUT2D eigenvalue weighted by atomic mass is 35.5. The van der Waals surface area contributed by atoms with Crippen LogP contribution >= 0.6 is 12.4 Å². The van der Waals surface area contributed by atoms with Crippen molar-refractivity contribution in [3.63, 3.8) is 0 Å². The monoisotopic (exact) mass is 664 g/mol. The van der Waals surface area contributed by atoms with Crippen molar-refractivity contribution in [1.82, 2.24) is 10.6 Å². The molecular formula is C45H45ClN2O. The van der Waals surface area contributed by atoms with Gasteiger partial charge in [0.2, 0.25) is 0 Å². The molecule has 0 aliphatic carbocycles. The molecule has 248 valence electrons. The summed E-state index contributed by atoms with van der Waals surface area (Å²) in [6.07, 6.45) is 2.26. The van der Waals surface area contributed by atoms with Gasteiger partial charge in [0.15, 0.2) is 5.78 Å². The third-order valence-electron chi connectivity index (χ3n) is 8.81. The molecule has 0 amide bonds. The fraction of sp³-hybridized carbons (Fsp3) is 0.178. The first kappa shape index (κ1) is 35.5. The lowest BCUT2D eigenvalue weighted by Gasteiger charge is -2.13. The van der Waals surface area contributed by atoms with Gasteiger partial charge in [0.25, 0.3) is 0 Å². The second-order valence-electron chi connectivity index (χ2n) is 12.3. The van der Waals surface area contributed by atoms with E-state index in [1.54, 1.807) is 0 Å². The summed E-state index contributed by atoms with van der Waals surface area (Å²) in [4.78, 5) is 13.6. The van der Waals surface area contributed by atoms with Gasteiger partial charge in [-0.2, -0.15) is 0 Å². The lowest BCUT2D eigenvalue weighted by atomic mass is 9.92. The molecule has 4 heteroatoms. The van der Waals surface area contributed by atoms with Crippen molar-refractivity contribution in [2.75, 3.05) is 13.1 Å². The van der Waals surface area contributed by atoms with Crippen molar-refractivity contribution in [2.24, 2.45) is 0 Å². The molecular weight excluding hydrogens is 620 g/mol. The number of halogens is 1.